The van der Waals surface area contributed by atoms with Crippen LogP contribution in [0.25, 0.3) is 17.1 Å². The van der Waals surface area contributed by atoms with Gasteiger partial charge in [0.15, 0.2) is 0 Å². The Balaban J connectivity index is 1.22. The Bertz CT molecular complexity index is 1210. The second kappa shape index (κ2) is 10.4. The molecule has 8 heteroatoms. The molecular weight excluding hydrogens is 416 g/mol. The smallest absolute Gasteiger partial charge is 0.269 e. The fourth-order valence-corrected chi connectivity index (χ4v) is 3.47. The third-order valence-electron chi connectivity index (χ3n) is 5.17. The van der Waals surface area contributed by atoms with E-state index in [0.717, 1.165) is 16.9 Å². The monoisotopic (exact) mass is 442 g/mol. The number of nitrogens with one attached hydrogen (secondary N) is 3. The molecule has 0 saturated heterocycles. The number of hydrogen-bond donors (Lipinski definition) is 3. The molecule has 168 valence electrons. The van der Waals surface area contributed by atoms with Crippen LogP contribution >= 0.6 is 0 Å². The number of H-pyrrole nitrogens is 1. The first kappa shape index (κ1) is 22.0. The molecule has 0 bridgehead atoms. The quantitative estimate of drug-likeness (QED) is 0.339. The minimum atomic E-state index is -0.231. The van der Waals surface area contributed by atoms with Crippen molar-refractivity contribution in [1.29, 1.82) is 0 Å². The number of carbonyl (C=O) groups is 2. The number of amides is 2. The second-order valence-electron chi connectivity index (χ2n) is 7.75. The molecule has 3 N–H and O–H groups in total. The minimum Gasteiger partial charge on any atom is -0.351 e. The summed E-state index contributed by atoms with van der Waals surface area (Å²) in [6, 6.07) is 17.1. The number of hydrogen-bond acceptors (Lipinski definition) is 4. The summed E-state index contributed by atoms with van der Waals surface area (Å²) < 4.78 is 1.97. The zero-order valence-electron chi connectivity index (χ0n) is 18.4. The first-order chi connectivity index (χ1) is 16.1. The molecule has 0 spiro atoms. The maximum Gasteiger partial charge on any atom is 0.269 e. The van der Waals surface area contributed by atoms with E-state index in [9.17, 15) is 9.59 Å². The van der Waals surface area contributed by atoms with Crippen LogP contribution in [0.4, 0.5) is 5.69 Å². The third kappa shape index (κ3) is 5.74. The van der Waals surface area contributed by atoms with Crippen molar-refractivity contribution >= 4 is 17.5 Å². The number of carbonyl (C=O) groups excluding carboxylic acids is 2. The van der Waals surface area contributed by atoms with E-state index in [-0.39, 0.29) is 11.8 Å². The molecular formula is C25H26N6O2. The Morgan fingerprint density at radius 3 is 2.64 bits per heavy atom. The second-order valence-corrected chi connectivity index (χ2v) is 7.75. The summed E-state index contributed by atoms with van der Waals surface area (Å²) in [5.74, 6) is -0.279. The number of benzene rings is 1. The van der Waals surface area contributed by atoms with Gasteiger partial charge in [0.05, 0.1) is 17.1 Å². The number of pyridine rings is 1. The zero-order valence-corrected chi connectivity index (χ0v) is 18.4. The molecule has 0 radical (unpaired) electrons. The van der Waals surface area contributed by atoms with Gasteiger partial charge < -0.3 is 15.2 Å². The van der Waals surface area contributed by atoms with E-state index in [0.29, 0.717) is 42.9 Å². The third-order valence-corrected chi connectivity index (χ3v) is 5.17. The van der Waals surface area contributed by atoms with Gasteiger partial charge in [-0.15, -0.1) is 0 Å². The number of unbranched alkanes of at least 4 members (excludes halogenated alkanes) is 1. The lowest BCUT2D eigenvalue weighted by Gasteiger charge is -2.13. The first-order valence-corrected chi connectivity index (χ1v) is 10.9. The number of aromatic nitrogens is 4. The molecule has 3 heterocycles. The lowest BCUT2D eigenvalue weighted by molar-refractivity contribution is -0.116. The molecule has 0 unspecified atom stereocenters. The van der Waals surface area contributed by atoms with Crippen molar-refractivity contribution < 1.29 is 9.59 Å². The molecule has 8 nitrogen and oxygen atoms in total. The zero-order chi connectivity index (χ0) is 23.0. The van der Waals surface area contributed by atoms with Gasteiger partial charge in [0.1, 0.15) is 11.4 Å². The van der Waals surface area contributed by atoms with Crippen molar-refractivity contribution in [3.63, 3.8) is 0 Å². The van der Waals surface area contributed by atoms with Gasteiger partial charge in [0.2, 0.25) is 5.91 Å². The normalized spacial score (nSPS) is 10.7. The Hall–Kier alpha value is -4.20. The highest BCUT2D eigenvalue weighted by Gasteiger charge is 2.12. The van der Waals surface area contributed by atoms with Crippen LogP contribution in [0.15, 0.2) is 73.2 Å². The molecule has 0 atom stereocenters. The maximum absolute atomic E-state index is 12.5. The van der Waals surface area contributed by atoms with Gasteiger partial charge in [0, 0.05) is 31.6 Å². The summed E-state index contributed by atoms with van der Waals surface area (Å²) in [5, 5.41) is 12.8. The van der Waals surface area contributed by atoms with E-state index in [4.69, 9.17) is 0 Å². The van der Waals surface area contributed by atoms with Crippen molar-refractivity contribution in [2.45, 2.75) is 26.2 Å². The Morgan fingerprint density at radius 1 is 1.00 bits per heavy atom. The summed E-state index contributed by atoms with van der Waals surface area (Å²) in [7, 11) is 0. The predicted molar refractivity (Wildman–Crippen MR) is 127 cm³/mol. The summed E-state index contributed by atoms with van der Waals surface area (Å²) >= 11 is 0. The van der Waals surface area contributed by atoms with E-state index in [1.165, 1.54) is 0 Å². The van der Waals surface area contributed by atoms with Crippen LogP contribution in [0.5, 0.6) is 0 Å². The first-order valence-electron chi connectivity index (χ1n) is 10.9. The maximum atomic E-state index is 12.5. The van der Waals surface area contributed by atoms with Crippen LogP contribution < -0.4 is 10.6 Å². The van der Waals surface area contributed by atoms with Gasteiger partial charge in [-0.1, -0.05) is 12.1 Å². The summed E-state index contributed by atoms with van der Waals surface area (Å²) in [4.78, 5) is 29.0. The standard InChI is InChI=1S/C25H26N6O2/c1-18-10-11-23(31-14-6-7-15-31)21(16-18)28-24(32)9-3-5-13-27-25(33)22-17-20(29-30-22)19-8-2-4-12-26-19/h2,4,6-8,10-12,14-17H,3,5,9,13H2,1H3,(H,27,33)(H,28,32)(H,29,30). The molecule has 33 heavy (non-hydrogen) atoms. The SMILES string of the molecule is Cc1ccc(-n2cccc2)c(NC(=O)CCCCNC(=O)c2cc(-c3ccccn3)n[nH]2)c1. The van der Waals surface area contributed by atoms with Crippen molar-refractivity contribution in [2.24, 2.45) is 0 Å². The van der Waals surface area contributed by atoms with E-state index < -0.39 is 0 Å². The molecule has 0 aliphatic rings. The Labute approximate surface area is 192 Å². The van der Waals surface area contributed by atoms with Crippen LogP contribution in [-0.4, -0.2) is 38.1 Å². The molecule has 3 aromatic heterocycles. The summed E-state index contributed by atoms with van der Waals surface area (Å²) in [6.07, 6.45) is 7.31. The van der Waals surface area contributed by atoms with Crippen molar-refractivity contribution in [3.05, 3.63) is 84.4 Å². The van der Waals surface area contributed by atoms with Crippen LogP contribution in [0, 0.1) is 6.92 Å². The van der Waals surface area contributed by atoms with Gasteiger partial charge in [0.25, 0.3) is 5.91 Å². The lowest BCUT2D eigenvalue weighted by Crippen LogP contribution is -2.25. The Morgan fingerprint density at radius 2 is 1.85 bits per heavy atom. The minimum absolute atomic E-state index is 0.0473. The van der Waals surface area contributed by atoms with Gasteiger partial charge in [-0.05, 0) is 67.8 Å². The van der Waals surface area contributed by atoms with Gasteiger partial charge in [-0.2, -0.15) is 5.10 Å². The summed E-state index contributed by atoms with van der Waals surface area (Å²) in [5.41, 5.74) is 4.49. The number of anilines is 1. The molecule has 1 aromatic carbocycles. The van der Waals surface area contributed by atoms with E-state index in [2.05, 4.69) is 25.8 Å². The van der Waals surface area contributed by atoms with Crippen LogP contribution in [0.2, 0.25) is 0 Å². The van der Waals surface area contributed by atoms with Gasteiger partial charge in [-0.3, -0.25) is 19.7 Å². The number of aromatic amines is 1. The fraction of sp³-hybridized carbons (Fsp3) is 0.200. The highest BCUT2D eigenvalue weighted by Crippen LogP contribution is 2.22. The van der Waals surface area contributed by atoms with Crippen molar-refractivity contribution in [2.75, 3.05) is 11.9 Å². The Kier molecular flexibility index (Phi) is 6.94. The van der Waals surface area contributed by atoms with Crippen LogP contribution in [0.1, 0.15) is 35.3 Å². The van der Waals surface area contributed by atoms with Crippen molar-refractivity contribution in [1.82, 2.24) is 25.1 Å². The van der Waals surface area contributed by atoms with Gasteiger partial charge in [-0.25, -0.2) is 0 Å². The number of nitrogens with zero attached hydrogens (tertiary/aromatic N) is 3. The lowest BCUT2D eigenvalue weighted by atomic mass is 10.1. The molecule has 4 aromatic rings. The average Bonchev–Trinajstić information content (AvgIpc) is 3.52. The van der Waals surface area contributed by atoms with E-state index in [1.807, 2.05) is 72.4 Å². The van der Waals surface area contributed by atoms with Crippen molar-refractivity contribution in [3.8, 4) is 17.1 Å². The van der Waals surface area contributed by atoms with E-state index >= 15 is 0 Å². The fourth-order valence-electron chi connectivity index (χ4n) is 3.47. The molecule has 0 fully saturated rings. The average molecular weight is 443 g/mol. The molecule has 0 saturated carbocycles. The summed E-state index contributed by atoms with van der Waals surface area (Å²) in [6.45, 7) is 2.47. The van der Waals surface area contributed by atoms with Gasteiger partial charge >= 0.3 is 0 Å². The van der Waals surface area contributed by atoms with Crippen LogP contribution in [0.3, 0.4) is 0 Å². The topological polar surface area (TPSA) is 105 Å². The molecule has 0 aliphatic heterocycles. The molecule has 0 aliphatic carbocycles. The predicted octanol–water partition coefficient (Wildman–Crippen LogP) is 4.11. The number of rotatable bonds is 9. The largest absolute Gasteiger partial charge is 0.351 e. The number of aryl methyl sites for hydroxylation is 1. The molecule has 2 amide bonds. The van der Waals surface area contributed by atoms with E-state index in [1.54, 1.807) is 12.3 Å². The highest BCUT2D eigenvalue weighted by molar-refractivity contribution is 5.93. The van der Waals surface area contributed by atoms with Crippen LogP contribution in [-0.2, 0) is 4.79 Å². The highest BCUT2D eigenvalue weighted by atomic mass is 16.2. The molecule has 4 rings (SSSR count).